The molecule has 1 aromatic carbocycles. The molecule has 25 heavy (non-hydrogen) atoms. The van der Waals surface area contributed by atoms with Crippen molar-refractivity contribution in [3.05, 3.63) is 51.8 Å². The highest BCUT2D eigenvalue weighted by atomic mass is 35.5. The van der Waals surface area contributed by atoms with E-state index in [1.807, 2.05) is 37.2 Å². The fourth-order valence-electron chi connectivity index (χ4n) is 3.26. The quantitative estimate of drug-likeness (QED) is 0.815. The summed E-state index contributed by atoms with van der Waals surface area (Å²) in [7, 11) is 3.70. The van der Waals surface area contributed by atoms with Gasteiger partial charge in [-0.1, -0.05) is 29.3 Å². The highest BCUT2D eigenvalue weighted by molar-refractivity contribution is 6.42. The molecule has 1 aliphatic rings. The van der Waals surface area contributed by atoms with E-state index in [0.717, 1.165) is 38.0 Å². The SMILES string of the molecule is CN(C(=O)c1cnn(C)c1)C1CCN(Cc2ccc(Cl)c(Cl)c2)CC1. The van der Waals surface area contributed by atoms with Crippen LogP contribution in [0.25, 0.3) is 0 Å². The van der Waals surface area contributed by atoms with Crippen LogP contribution in [0.5, 0.6) is 0 Å². The second kappa shape index (κ2) is 7.77. The lowest BCUT2D eigenvalue weighted by molar-refractivity contribution is 0.0636. The zero-order valence-electron chi connectivity index (χ0n) is 14.5. The number of aromatic nitrogens is 2. The zero-order valence-corrected chi connectivity index (χ0v) is 16.0. The van der Waals surface area contributed by atoms with Crippen LogP contribution in [0.2, 0.25) is 10.0 Å². The Labute approximate surface area is 158 Å². The molecule has 0 N–H and O–H groups in total. The Hall–Kier alpha value is -1.56. The Morgan fingerprint density at radius 3 is 2.60 bits per heavy atom. The number of halogens is 2. The van der Waals surface area contributed by atoms with E-state index in [4.69, 9.17) is 23.2 Å². The number of rotatable bonds is 4. The van der Waals surface area contributed by atoms with Crippen LogP contribution in [0, 0.1) is 0 Å². The van der Waals surface area contributed by atoms with Gasteiger partial charge in [0.05, 0.1) is 21.8 Å². The van der Waals surface area contributed by atoms with Gasteiger partial charge in [-0.25, -0.2) is 0 Å². The number of carbonyl (C=O) groups is 1. The zero-order chi connectivity index (χ0) is 18.0. The van der Waals surface area contributed by atoms with Gasteiger partial charge in [-0.15, -0.1) is 0 Å². The third-order valence-corrected chi connectivity index (χ3v) is 5.51. The van der Waals surface area contributed by atoms with Crippen LogP contribution in [0.15, 0.2) is 30.6 Å². The van der Waals surface area contributed by atoms with Crippen LogP contribution >= 0.6 is 23.2 Å². The first-order valence-corrected chi connectivity index (χ1v) is 9.11. The molecule has 1 amide bonds. The van der Waals surface area contributed by atoms with Crippen LogP contribution in [0.3, 0.4) is 0 Å². The molecular formula is C18H22Cl2N4O. The molecule has 0 unspecified atom stereocenters. The summed E-state index contributed by atoms with van der Waals surface area (Å²) in [5.41, 5.74) is 1.80. The van der Waals surface area contributed by atoms with Gasteiger partial charge in [0, 0.05) is 46.0 Å². The summed E-state index contributed by atoms with van der Waals surface area (Å²) >= 11 is 12.1. The standard InChI is InChI=1S/C18H22Cl2N4O/c1-22-12-14(10-21-22)18(25)23(2)15-5-7-24(8-6-15)11-13-3-4-16(19)17(20)9-13/h3-4,9-10,12,15H,5-8,11H2,1-2H3. The van der Waals surface area contributed by atoms with Crippen molar-refractivity contribution in [1.29, 1.82) is 0 Å². The van der Waals surface area contributed by atoms with Gasteiger partial charge >= 0.3 is 0 Å². The molecule has 0 bridgehead atoms. The summed E-state index contributed by atoms with van der Waals surface area (Å²) < 4.78 is 1.65. The molecular weight excluding hydrogens is 359 g/mol. The van der Waals surface area contributed by atoms with E-state index in [9.17, 15) is 4.79 Å². The number of aryl methyl sites for hydroxylation is 1. The summed E-state index contributed by atoms with van der Waals surface area (Å²) in [6, 6.07) is 6.04. The fourth-order valence-corrected chi connectivity index (χ4v) is 3.58. The van der Waals surface area contributed by atoms with E-state index in [-0.39, 0.29) is 11.9 Å². The normalized spacial score (nSPS) is 16.2. The molecule has 1 saturated heterocycles. The van der Waals surface area contributed by atoms with Gasteiger partial charge in [0.25, 0.3) is 5.91 Å². The Kier molecular flexibility index (Phi) is 5.67. The molecule has 5 nitrogen and oxygen atoms in total. The van der Waals surface area contributed by atoms with Gasteiger partial charge in [0.15, 0.2) is 0 Å². The summed E-state index contributed by atoms with van der Waals surface area (Å²) in [5, 5.41) is 5.25. The average molecular weight is 381 g/mol. The fraction of sp³-hybridized carbons (Fsp3) is 0.444. The van der Waals surface area contributed by atoms with Crippen molar-refractivity contribution < 1.29 is 4.79 Å². The molecule has 0 saturated carbocycles. The van der Waals surface area contributed by atoms with Crippen LogP contribution in [-0.4, -0.2) is 51.7 Å². The van der Waals surface area contributed by atoms with Crippen molar-refractivity contribution >= 4 is 29.1 Å². The van der Waals surface area contributed by atoms with Crippen LogP contribution < -0.4 is 0 Å². The van der Waals surface area contributed by atoms with Crippen molar-refractivity contribution in [3.63, 3.8) is 0 Å². The Bertz CT molecular complexity index is 753. The summed E-state index contributed by atoms with van der Waals surface area (Å²) in [6.07, 6.45) is 5.31. The number of amides is 1. The maximum absolute atomic E-state index is 12.5. The first-order chi connectivity index (χ1) is 11.9. The molecule has 0 radical (unpaired) electrons. The minimum absolute atomic E-state index is 0.0380. The van der Waals surface area contributed by atoms with Crippen molar-refractivity contribution in [1.82, 2.24) is 19.6 Å². The molecule has 134 valence electrons. The van der Waals surface area contributed by atoms with Crippen LogP contribution in [-0.2, 0) is 13.6 Å². The predicted molar refractivity (Wildman–Crippen MR) is 100 cm³/mol. The maximum Gasteiger partial charge on any atom is 0.257 e. The summed E-state index contributed by atoms with van der Waals surface area (Å²) in [6.45, 7) is 2.76. The second-order valence-corrected chi connectivity index (χ2v) is 7.39. The third-order valence-electron chi connectivity index (χ3n) is 4.77. The van der Waals surface area contributed by atoms with Gasteiger partial charge in [-0.05, 0) is 30.5 Å². The molecule has 0 atom stereocenters. The molecule has 1 fully saturated rings. The highest BCUT2D eigenvalue weighted by Gasteiger charge is 2.26. The lowest BCUT2D eigenvalue weighted by Crippen LogP contribution is -2.45. The average Bonchev–Trinajstić information content (AvgIpc) is 3.04. The molecule has 0 spiro atoms. The lowest BCUT2D eigenvalue weighted by Gasteiger charge is -2.36. The molecule has 1 aromatic heterocycles. The number of piperidine rings is 1. The van der Waals surface area contributed by atoms with Crippen molar-refractivity contribution in [3.8, 4) is 0 Å². The molecule has 1 aliphatic heterocycles. The molecule has 0 aliphatic carbocycles. The molecule has 3 rings (SSSR count). The molecule has 2 aromatic rings. The number of hydrogen-bond acceptors (Lipinski definition) is 3. The van der Waals surface area contributed by atoms with Gasteiger partial charge < -0.3 is 4.90 Å². The number of nitrogens with zero attached hydrogens (tertiary/aromatic N) is 4. The number of likely N-dealkylation sites (tertiary alicyclic amines) is 1. The topological polar surface area (TPSA) is 41.4 Å². The maximum atomic E-state index is 12.5. The predicted octanol–water partition coefficient (Wildman–Crippen LogP) is 3.46. The first kappa shape index (κ1) is 18.2. The number of hydrogen-bond donors (Lipinski definition) is 0. The van der Waals surface area contributed by atoms with Gasteiger partial charge in [0.2, 0.25) is 0 Å². The summed E-state index contributed by atoms with van der Waals surface area (Å²) in [5.74, 6) is 0.0380. The van der Waals surface area contributed by atoms with Crippen LogP contribution in [0.1, 0.15) is 28.8 Å². The largest absolute Gasteiger partial charge is 0.339 e. The first-order valence-electron chi connectivity index (χ1n) is 8.36. The van der Waals surface area contributed by atoms with E-state index < -0.39 is 0 Å². The molecule has 2 heterocycles. The van der Waals surface area contributed by atoms with Crippen molar-refractivity contribution in [2.45, 2.75) is 25.4 Å². The van der Waals surface area contributed by atoms with Crippen LogP contribution in [0.4, 0.5) is 0 Å². The van der Waals surface area contributed by atoms with Crippen molar-refractivity contribution in [2.24, 2.45) is 7.05 Å². The van der Waals surface area contributed by atoms with Crippen molar-refractivity contribution in [2.75, 3.05) is 20.1 Å². The molecule has 7 heteroatoms. The third kappa shape index (κ3) is 4.35. The van der Waals surface area contributed by atoms with Gasteiger partial charge in [-0.2, -0.15) is 5.10 Å². The Balaban J connectivity index is 1.54. The van der Waals surface area contributed by atoms with E-state index in [0.29, 0.717) is 15.6 Å². The van der Waals surface area contributed by atoms with E-state index in [2.05, 4.69) is 10.00 Å². The van der Waals surface area contributed by atoms with E-state index >= 15 is 0 Å². The highest BCUT2D eigenvalue weighted by Crippen LogP contribution is 2.24. The van der Waals surface area contributed by atoms with E-state index in [1.165, 1.54) is 0 Å². The second-order valence-electron chi connectivity index (χ2n) is 6.57. The van der Waals surface area contributed by atoms with Gasteiger partial charge in [-0.3, -0.25) is 14.4 Å². The Morgan fingerprint density at radius 2 is 2.00 bits per heavy atom. The lowest BCUT2D eigenvalue weighted by atomic mass is 10.0. The smallest absolute Gasteiger partial charge is 0.257 e. The number of benzene rings is 1. The van der Waals surface area contributed by atoms with E-state index in [1.54, 1.807) is 17.1 Å². The Morgan fingerprint density at radius 1 is 1.28 bits per heavy atom. The minimum Gasteiger partial charge on any atom is -0.339 e. The number of carbonyl (C=O) groups excluding carboxylic acids is 1. The monoisotopic (exact) mass is 380 g/mol. The minimum atomic E-state index is 0.0380. The van der Waals surface area contributed by atoms with Gasteiger partial charge in [0.1, 0.15) is 0 Å². The summed E-state index contributed by atoms with van der Waals surface area (Å²) in [4.78, 5) is 16.8.